The maximum absolute atomic E-state index is 14.5. The molecule has 0 spiro atoms. The van der Waals surface area contributed by atoms with Crippen LogP contribution in [0.1, 0.15) is 36.8 Å². The Labute approximate surface area is 206 Å². The molecule has 1 aromatic carbocycles. The Balaban J connectivity index is 1.26. The summed E-state index contributed by atoms with van der Waals surface area (Å²) in [7, 11) is 1.75. The van der Waals surface area contributed by atoms with Crippen LogP contribution in [0.3, 0.4) is 0 Å². The number of likely N-dealkylation sites (tertiary alicyclic amines) is 1. The van der Waals surface area contributed by atoms with Gasteiger partial charge in [-0.1, -0.05) is 0 Å². The highest BCUT2D eigenvalue weighted by atomic mass is 19.1. The molecule has 1 aliphatic heterocycles. The van der Waals surface area contributed by atoms with Gasteiger partial charge in [-0.05, 0) is 61.9 Å². The molecule has 2 aliphatic rings. The number of pyridine rings is 1. The van der Waals surface area contributed by atoms with Crippen LogP contribution in [0.2, 0.25) is 0 Å². The van der Waals surface area contributed by atoms with Crippen molar-refractivity contribution >= 4 is 5.69 Å². The van der Waals surface area contributed by atoms with Crippen molar-refractivity contribution in [1.29, 1.82) is 0 Å². The number of nitrogens with one attached hydrogen (secondary N) is 2. The summed E-state index contributed by atoms with van der Waals surface area (Å²) >= 11 is 0. The minimum Gasteiger partial charge on any atom is -0.383 e. The average molecular weight is 479 g/mol. The van der Waals surface area contributed by atoms with Gasteiger partial charge in [-0.2, -0.15) is 5.10 Å². The molecule has 0 bridgehead atoms. The lowest BCUT2D eigenvalue weighted by Crippen LogP contribution is -2.40. The van der Waals surface area contributed by atoms with Crippen LogP contribution >= 0.6 is 0 Å². The summed E-state index contributed by atoms with van der Waals surface area (Å²) in [4.78, 5) is 6.90. The Morgan fingerprint density at radius 1 is 1.06 bits per heavy atom. The van der Waals surface area contributed by atoms with Crippen LogP contribution in [0.5, 0.6) is 0 Å². The zero-order chi connectivity index (χ0) is 24.2. The summed E-state index contributed by atoms with van der Waals surface area (Å²) < 4.78 is 21.6. The van der Waals surface area contributed by atoms with E-state index >= 15 is 0 Å². The van der Waals surface area contributed by atoms with Crippen molar-refractivity contribution in [2.75, 3.05) is 38.7 Å². The molecule has 0 atom stereocenters. The number of nitrogens with zero attached hydrogens (tertiary/aromatic N) is 4. The maximum Gasteiger partial charge on any atom is 0.127 e. The average Bonchev–Trinajstić information content (AvgIpc) is 3.57. The molecule has 1 saturated heterocycles. The molecular formula is C27H35FN6O. The van der Waals surface area contributed by atoms with E-state index in [-0.39, 0.29) is 5.82 Å². The second-order valence-corrected chi connectivity index (χ2v) is 9.77. The normalized spacial score (nSPS) is 17.1. The fraction of sp³-hybridized carbons (Fsp3) is 0.481. The predicted molar refractivity (Wildman–Crippen MR) is 136 cm³/mol. The van der Waals surface area contributed by atoms with Gasteiger partial charge in [0.15, 0.2) is 0 Å². The summed E-state index contributed by atoms with van der Waals surface area (Å²) in [5.74, 6) is -0.153. The third kappa shape index (κ3) is 6.07. The monoisotopic (exact) mass is 478 g/mol. The molecule has 35 heavy (non-hydrogen) atoms. The molecule has 5 rings (SSSR count). The van der Waals surface area contributed by atoms with Crippen molar-refractivity contribution < 1.29 is 9.13 Å². The minimum atomic E-state index is -0.153. The number of halogens is 1. The summed E-state index contributed by atoms with van der Waals surface area (Å²) in [6.07, 6.45) is 12.1. The highest BCUT2D eigenvalue weighted by Gasteiger charge is 2.21. The Hall–Kier alpha value is -2.81. The van der Waals surface area contributed by atoms with Crippen LogP contribution in [-0.4, -0.2) is 65.1 Å². The minimum absolute atomic E-state index is 0.153. The molecule has 186 valence electrons. The van der Waals surface area contributed by atoms with Gasteiger partial charge in [0.05, 0.1) is 36.6 Å². The van der Waals surface area contributed by atoms with Crippen LogP contribution in [0, 0.1) is 12.7 Å². The molecule has 2 fully saturated rings. The maximum atomic E-state index is 14.5. The number of benzene rings is 1. The zero-order valence-electron chi connectivity index (χ0n) is 20.6. The van der Waals surface area contributed by atoms with Crippen molar-refractivity contribution in [1.82, 2.24) is 25.0 Å². The Bertz CT molecular complexity index is 1140. The van der Waals surface area contributed by atoms with E-state index in [1.165, 1.54) is 12.8 Å². The number of anilines is 1. The molecule has 3 aromatic rings. The molecule has 0 amide bonds. The predicted octanol–water partition coefficient (Wildman–Crippen LogP) is 4.16. The molecular weight excluding hydrogens is 443 g/mol. The van der Waals surface area contributed by atoms with E-state index in [4.69, 9.17) is 4.74 Å². The van der Waals surface area contributed by atoms with Crippen molar-refractivity contribution in [3.63, 3.8) is 0 Å². The topological polar surface area (TPSA) is 67.2 Å². The SMILES string of the molecule is COCCN1CCC(Nc2cncc(-n3cc(-c4cc(CNC5CC5)c(F)cc4C)cn3)c2)CC1. The van der Waals surface area contributed by atoms with Gasteiger partial charge in [0.1, 0.15) is 5.82 Å². The number of piperidine rings is 1. The van der Waals surface area contributed by atoms with Gasteiger partial charge in [0, 0.05) is 62.7 Å². The first-order chi connectivity index (χ1) is 17.1. The van der Waals surface area contributed by atoms with Crippen LogP contribution in [0.25, 0.3) is 16.8 Å². The van der Waals surface area contributed by atoms with Crippen molar-refractivity contribution in [2.24, 2.45) is 0 Å². The van der Waals surface area contributed by atoms with Crippen molar-refractivity contribution in [3.8, 4) is 16.8 Å². The third-order valence-electron chi connectivity index (χ3n) is 7.00. The van der Waals surface area contributed by atoms with Crippen LogP contribution in [0.15, 0.2) is 43.0 Å². The van der Waals surface area contributed by atoms with Gasteiger partial charge in [-0.3, -0.25) is 4.98 Å². The van der Waals surface area contributed by atoms with E-state index in [1.807, 2.05) is 42.5 Å². The van der Waals surface area contributed by atoms with E-state index in [0.29, 0.717) is 24.2 Å². The number of aryl methyl sites for hydroxylation is 1. The van der Waals surface area contributed by atoms with Gasteiger partial charge < -0.3 is 20.3 Å². The number of hydrogen-bond acceptors (Lipinski definition) is 6. The van der Waals surface area contributed by atoms with Gasteiger partial charge in [0.25, 0.3) is 0 Å². The zero-order valence-corrected chi connectivity index (χ0v) is 20.6. The number of methoxy groups -OCH3 is 1. The molecule has 3 heterocycles. The second kappa shape index (κ2) is 10.8. The third-order valence-corrected chi connectivity index (χ3v) is 7.00. The highest BCUT2D eigenvalue weighted by molar-refractivity contribution is 5.67. The van der Waals surface area contributed by atoms with Gasteiger partial charge in [-0.15, -0.1) is 0 Å². The Morgan fingerprint density at radius 2 is 1.89 bits per heavy atom. The van der Waals surface area contributed by atoms with E-state index in [0.717, 1.165) is 67.1 Å². The van der Waals surface area contributed by atoms with Crippen LogP contribution in [-0.2, 0) is 11.3 Å². The van der Waals surface area contributed by atoms with E-state index < -0.39 is 0 Å². The van der Waals surface area contributed by atoms with Gasteiger partial charge in [0.2, 0.25) is 0 Å². The number of ether oxygens (including phenoxy) is 1. The van der Waals surface area contributed by atoms with Crippen molar-refractivity contribution in [3.05, 3.63) is 59.9 Å². The number of aromatic nitrogens is 3. The molecule has 1 aliphatic carbocycles. The van der Waals surface area contributed by atoms with Gasteiger partial charge in [-0.25, -0.2) is 9.07 Å². The molecule has 1 saturated carbocycles. The highest BCUT2D eigenvalue weighted by Crippen LogP contribution is 2.28. The fourth-order valence-corrected chi connectivity index (χ4v) is 4.70. The smallest absolute Gasteiger partial charge is 0.127 e. The lowest BCUT2D eigenvalue weighted by atomic mass is 10.00. The van der Waals surface area contributed by atoms with Crippen LogP contribution in [0.4, 0.5) is 10.1 Å². The first-order valence-corrected chi connectivity index (χ1v) is 12.6. The summed E-state index contributed by atoms with van der Waals surface area (Å²) in [6.45, 7) is 6.43. The fourth-order valence-electron chi connectivity index (χ4n) is 4.70. The molecule has 2 aromatic heterocycles. The molecule has 2 N–H and O–H groups in total. The first-order valence-electron chi connectivity index (χ1n) is 12.6. The molecule has 7 nitrogen and oxygen atoms in total. The molecule has 0 radical (unpaired) electrons. The largest absolute Gasteiger partial charge is 0.383 e. The summed E-state index contributed by atoms with van der Waals surface area (Å²) in [5.41, 5.74) is 5.48. The number of rotatable bonds is 10. The van der Waals surface area contributed by atoms with Crippen LogP contribution < -0.4 is 10.6 Å². The molecule has 0 unspecified atom stereocenters. The number of hydrogen-bond donors (Lipinski definition) is 2. The molecule has 8 heteroatoms. The van der Waals surface area contributed by atoms with E-state index in [2.05, 4.69) is 31.7 Å². The summed E-state index contributed by atoms with van der Waals surface area (Å²) in [5, 5.41) is 11.6. The first kappa shape index (κ1) is 23.9. The second-order valence-electron chi connectivity index (χ2n) is 9.77. The quantitative estimate of drug-likeness (QED) is 0.456. The Morgan fingerprint density at radius 3 is 2.66 bits per heavy atom. The lowest BCUT2D eigenvalue weighted by Gasteiger charge is -2.32. The standard InChI is InChI=1S/C27H35FN6O/c1-19-11-27(28)20(14-30-22-3-4-22)12-26(19)21-15-31-34(18-21)25-13-24(16-29-17-25)32-23-5-7-33(8-6-23)9-10-35-2/h11-13,15-18,22-23,30,32H,3-10,14H2,1-2H3. The summed E-state index contributed by atoms with van der Waals surface area (Å²) in [6, 6.07) is 6.64. The van der Waals surface area contributed by atoms with Crippen molar-refractivity contribution in [2.45, 2.75) is 51.2 Å². The Kier molecular flexibility index (Phi) is 7.41. The van der Waals surface area contributed by atoms with E-state index in [1.54, 1.807) is 13.2 Å². The van der Waals surface area contributed by atoms with Gasteiger partial charge >= 0.3 is 0 Å². The van der Waals surface area contributed by atoms with E-state index in [9.17, 15) is 4.39 Å². The lowest BCUT2D eigenvalue weighted by molar-refractivity contribution is 0.132.